The quantitative estimate of drug-likeness (QED) is 0.617. The topological polar surface area (TPSA) is 61.7 Å². The summed E-state index contributed by atoms with van der Waals surface area (Å²) in [6.07, 6.45) is 3.57. The third-order valence-electron chi connectivity index (χ3n) is 3.80. The smallest absolute Gasteiger partial charge is 0.182 e. The summed E-state index contributed by atoms with van der Waals surface area (Å²) in [5.41, 5.74) is 5.54. The molecule has 3 aromatic rings. The molecule has 0 spiro atoms. The van der Waals surface area contributed by atoms with Crippen molar-refractivity contribution in [2.45, 2.75) is 19.8 Å². The van der Waals surface area contributed by atoms with Crippen LogP contribution in [0.4, 0.5) is 5.13 Å². The van der Waals surface area contributed by atoms with Crippen molar-refractivity contribution in [1.29, 1.82) is 5.41 Å². The van der Waals surface area contributed by atoms with Gasteiger partial charge < -0.3 is 10.7 Å². The summed E-state index contributed by atoms with van der Waals surface area (Å²) in [7, 11) is 1.88. The Kier molecular flexibility index (Phi) is 5.01. The zero-order chi connectivity index (χ0) is 16.9. The number of rotatable bonds is 6. The van der Waals surface area contributed by atoms with Crippen molar-refractivity contribution in [3.8, 4) is 22.4 Å². The highest BCUT2D eigenvalue weighted by Crippen LogP contribution is 2.33. The van der Waals surface area contributed by atoms with Crippen LogP contribution in [-0.4, -0.2) is 22.7 Å². The highest BCUT2D eigenvalue weighted by molar-refractivity contribution is 7.14. The Balaban J connectivity index is 1.96. The molecule has 24 heavy (non-hydrogen) atoms. The van der Waals surface area contributed by atoms with Crippen molar-refractivity contribution in [3.63, 3.8) is 0 Å². The lowest BCUT2D eigenvalue weighted by molar-refractivity contribution is 0.980. The fourth-order valence-corrected chi connectivity index (χ4v) is 3.25. The van der Waals surface area contributed by atoms with E-state index in [0.29, 0.717) is 5.71 Å². The van der Waals surface area contributed by atoms with Crippen LogP contribution in [0.1, 0.15) is 25.5 Å². The minimum atomic E-state index is 0.593. The summed E-state index contributed by atoms with van der Waals surface area (Å²) < 4.78 is 0. The Morgan fingerprint density at radius 2 is 1.96 bits per heavy atom. The molecule has 2 N–H and O–H groups in total. The highest BCUT2D eigenvalue weighted by atomic mass is 32.1. The molecule has 0 amide bonds. The van der Waals surface area contributed by atoms with Gasteiger partial charge in [0.2, 0.25) is 0 Å². The number of thiazole rings is 1. The molecule has 0 saturated heterocycles. The summed E-state index contributed by atoms with van der Waals surface area (Å²) in [5, 5.41) is 14.1. The Bertz CT molecular complexity index is 837. The van der Waals surface area contributed by atoms with Crippen LogP contribution in [0.5, 0.6) is 0 Å². The molecule has 0 unspecified atom stereocenters. The van der Waals surface area contributed by atoms with Crippen LogP contribution in [0.15, 0.2) is 48.0 Å². The molecule has 0 saturated carbocycles. The van der Waals surface area contributed by atoms with Crippen LogP contribution in [0, 0.1) is 5.41 Å². The largest absolute Gasteiger partial charge is 0.365 e. The maximum absolute atomic E-state index is 8.03. The molecule has 122 valence electrons. The van der Waals surface area contributed by atoms with Gasteiger partial charge in [0.15, 0.2) is 5.13 Å². The second-order valence-corrected chi connectivity index (χ2v) is 6.35. The average molecular weight is 336 g/mol. The summed E-state index contributed by atoms with van der Waals surface area (Å²) in [6, 6.07) is 12.2. The first-order valence-corrected chi connectivity index (χ1v) is 8.87. The van der Waals surface area contributed by atoms with Crippen molar-refractivity contribution in [2.24, 2.45) is 0 Å². The molecule has 2 aromatic heterocycles. The molecule has 0 radical (unpaired) electrons. The van der Waals surface area contributed by atoms with Crippen LogP contribution < -0.4 is 5.32 Å². The predicted molar refractivity (Wildman–Crippen MR) is 102 cm³/mol. The normalized spacial score (nSPS) is 10.6. The molecule has 0 aliphatic carbocycles. The van der Waals surface area contributed by atoms with Gasteiger partial charge in [0.1, 0.15) is 0 Å². The molecule has 4 nitrogen and oxygen atoms in total. The molecule has 0 bridgehead atoms. The monoisotopic (exact) mass is 336 g/mol. The highest BCUT2D eigenvalue weighted by Gasteiger charge is 2.11. The van der Waals surface area contributed by atoms with Crippen molar-refractivity contribution >= 4 is 22.2 Å². The molecule has 2 heterocycles. The molecule has 0 aliphatic heterocycles. The van der Waals surface area contributed by atoms with Crippen LogP contribution in [0.2, 0.25) is 0 Å². The van der Waals surface area contributed by atoms with Gasteiger partial charge in [-0.2, -0.15) is 0 Å². The zero-order valence-electron chi connectivity index (χ0n) is 13.8. The predicted octanol–water partition coefficient (Wildman–Crippen LogP) is 5.08. The lowest BCUT2D eigenvalue weighted by Crippen LogP contribution is -2.01. The standard InChI is InChI=1S/C19H20N4S/c1-3-6-16(20)17-10-9-13(11-22-17)14-7-4-5-8-15(14)18-12-24-19(21-2)23-18/h4-5,7-12,20H,3,6H2,1-2H3,(H,21,23). The van der Waals surface area contributed by atoms with Crippen molar-refractivity contribution in [2.75, 3.05) is 12.4 Å². The van der Waals surface area contributed by atoms with E-state index in [1.165, 1.54) is 0 Å². The molecule has 0 aliphatic rings. The van der Waals surface area contributed by atoms with E-state index in [9.17, 15) is 0 Å². The number of hydrogen-bond acceptors (Lipinski definition) is 5. The van der Waals surface area contributed by atoms with E-state index in [2.05, 4.69) is 39.7 Å². The number of anilines is 1. The molecular formula is C19H20N4S. The Labute approximate surface area is 146 Å². The fourth-order valence-electron chi connectivity index (χ4n) is 2.58. The first kappa shape index (κ1) is 16.3. The summed E-state index contributed by atoms with van der Waals surface area (Å²) in [6.45, 7) is 2.08. The molecule has 5 heteroatoms. The first-order valence-electron chi connectivity index (χ1n) is 7.99. The molecule has 0 atom stereocenters. The van der Waals surface area contributed by atoms with Gasteiger partial charge in [-0.3, -0.25) is 4.98 Å². The second-order valence-electron chi connectivity index (χ2n) is 5.49. The maximum atomic E-state index is 8.03. The number of nitrogens with one attached hydrogen (secondary N) is 2. The van der Waals surface area contributed by atoms with Gasteiger partial charge in [-0.05, 0) is 18.1 Å². The Hall–Kier alpha value is -2.53. The minimum absolute atomic E-state index is 0.593. The van der Waals surface area contributed by atoms with Gasteiger partial charge in [-0.25, -0.2) is 4.98 Å². The van der Waals surface area contributed by atoms with Gasteiger partial charge in [0.25, 0.3) is 0 Å². The maximum Gasteiger partial charge on any atom is 0.182 e. The van der Waals surface area contributed by atoms with Gasteiger partial charge in [-0.1, -0.05) is 43.7 Å². The van der Waals surface area contributed by atoms with Crippen LogP contribution in [0.25, 0.3) is 22.4 Å². The van der Waals surface area contributed by atoms with Crippen molar-refractivity contribution in [3.05, 3.63) is 53.7 Å². The van der Waals surface area contributed by atoms with Crippen LogP contribution in [-0.2, 0) is 0 Å². The van der Waals surface area contributed by atoms with Crippen LogP contribution >= 0.6 is 11.3 Å². The second kappa shape index (κ2) is 7.36. The van der Waals surface area contributed by atoms with Gasteiger partial charge in [-0.15, -0.1) is 11.3 Å². The fraction of sp³-hybridized carbons (Fsp3) is 0.211. The van der Waals surface area contributed by atoms with E-state index in [1.807, 2.05) is 37.5 Å². The number of aromatic nitrogens is 2. The third-order valence-corrected chi connectivity index (χ3v) is 4.66. The van der Waals surface area contributed by atoms with Crippen molar-refractivity contribution in [1.82, 2.24) is 9.97 Å². The van der Waals surface area contributed by atoms with E-state index in [0.717, 1.165) is 46.1 Å². The Morgan fingerprint density at radius 1 is 1.17 bits per heavy atom. The number of benzene rings is 1. The van der Waals surface area contributed by atoms with E-state index >= 15 is 0 Å². The lowest BCUT2D eigenvalue weighted by atomic mass is 9.99. The first-order chi connectivity index (χ1) is 11.7. The van der Waals surface area contributed by atoms with Gasteiger partial charge in [0.05, 0.1) is 17.1 Å². The number of nitrogens with zero attached hydrogens (tertiary/aromatic N) is 2. The molecule has 1 aromatic carbocycles. The SMILES string of the molecule is CCCC(=N)c1ccc(-c2ccccc2-c2csc(NC)n2)cn1. The number of pyridine rings is 1. The number of hydrogen-bond donors (Lipinski definition) is 2. The molecule has 0 fully saturated rings. The zero-order valence-corrected chi connectivity index (χ0v) is 14.7. The minimum Gasteiger partial charge on any atom is -0.365 e. The van der Waals surface area contributed by atoms with Crippen LogP contribution in [0.3, 0.4) is 0 Å². The van der Waals surface area contributed by atoms with E-state index in [1.54, 1.807) is 11.3 Å². The van der Waals surface area contributed by atoms with Crippen molar-refractivity contribution < 1.29 is 0 Å². The van der Waals surface area contributed by atoms with Gasteiger partial charge >= 0.3 is 0 Å². The molecule has 3 rings (SSSR count). The average Bonchev–Trinajstić information content (AvgIpc) is 3.11. The lowest BCUT2D eigenvalue weighted by Gasteiger charge is -2.09. The Morgan fingerprint density at radius 3 is 2.58 bits per heavy atom. The summed E-state index contributed by atoms with van der Waals surface area (Å²) in [5.74, 6) is 0. The third kappa shape index (κ3) is 3.36. The van der Waals surface area contributed by atoms with E-state index in [4.69, 9.17) is 5.41 Å². The molecular weight excluding hydrogens is 316 g/mol. The summed E-state index contributed by atoms with van der Waals surface area (Å²) >= 11 is 1.59. The van der Waals surface area contributed by atoms with E-state index in [-0.39, 0.29) is 0 Å². The van der Waals surface area contributed by atoms with Gasteiger partial charge in [0, 0.05) is 29.8 Å². The van der Waals surface area contributed by atoms with E-state index < -0.39 is 0 Å². The summed E-state index contributed by atoms with van der Waals surface area (Å²) in [4.78, 5) is 9.08.